The van der Waals surface area contributed by atoms with E-state index in [0.717, 1.165) is 23.2 Å². The van der Waals surface area contributed by atoms with Crippen LogP contribution in [0.4, 0.5) is 0 Å². The van der Waals surface area contributed by atoms with Gasteiger partial charge in [0.2, 0.25) is 0 Å². The Kier molecular flexibility index (Phi) is 4.40. The molecule has 1 aromatic heterocycles. The number of aliphatic hydroxyl groups is 1. The van der Waals surface area contributed by atoms with Crippen molar-refractivity contribution in [3.8, 4) is 0 Å². The van der Waals surface area contributed by atoms with Crippen LogP contribution in [0.2, 0.25) is 4.34 Å². The molecule has 0 fully saturated rings. The topological polar surface area (TPSA) is 23.5 Å². The third-order valence-corrected chi connectivity index (χ3v) is 3.85. The van der Waals surface area contributed by atoms with Crippen LogP contribution >= 0.6 is 22.9 Å². The van der Waals surface area contributed by atoms with Crippen molar-refractivity contribution in [1.82, 2.24) is 4.90 Å². The van der Waals surface area contributed by atoms with Crippen molar-refractivity contribution in [3.63, 3.8) is 0 Å². The second-order valence-electron chi connectivity index (χ2n) is 4.52. The average molecular weight is 282 g/mol. The van der Waals surface area contributed by atoms with E-state index in [-0.39, 0.29) is 0 Å². The molecule has 1 aromatic carbocycles. The molecule has 1 N–H and O–H groups in total. The minimum atomic E-state index is -0.607. The fourth-order valence-corrected chi connectivity index (χ4v) is 2.84. The summed E-state index contributed by atoms with van der Waals surface area (Å²) in [4.78, 5) is 2.09. The molecular formula is C14H16ClNOS. The van der Waals surface area contributed by atoms with Gasteiger partial charge in [-0.05, 0) is 42.2 Å². The Hall–Kier alpha value is -0.870. The van der Waals surface area contributed by atoms with Crippen LogP contribution in [0.25, 0.3) is 0 Å². The zero-order chi connectivity index (χ0) is 13.1. The predicted octanol–water partition coefficient (Wildman–Crippen LogP) is 3.54. The van der Waals surface area contributed by atoms with Crippen LogP contribution in [0, 0.1) is 0 Å². The molecule has 0 aliphatic carbocycles. The van der Waals surface area contributed by atoms with E-state index >= 15 is 0 Å². The van der Waals surface area contributed by atoms with E-state index in [1.165, 1.54) is 11.3 Å². The summed E-state index contributed by atoms with van der Waals surface area (Å²) < 4.78 is 0.703. The van der Waals surface area contributed by atoms with Gasteiger partial charge in [-0.2, -0.15) is 0 Å². The van der Waals surface area contributed by atoms with Crippen LogP contribution in [0.5, 0.6) is 0 Å². The van der Waals surface area contributed by atoms with Crippen molar-refractivity contribution in [2.24, 2.45) is 0 Å². The molecule has 2 rings (SSSR count). The molecule has 18 heavy (non-hydrogen) atoms. The van der Waals surface area contributed by atoms with E-state index < -0.39 is 6.10 Å². The van der Waals surface area contributed by atoms with Crippen molar-refractivity contribution >= 4 is 22.9 Å². The largest absolute Gasteiger partial charge is 0.384 e. The normalized spacial score (nSPS) is 12.9. The number of nitrogens with zero attached hydrogens (tertiary/aromatic N) is 1. The number of benzene rings is 1. The minimum absolute atomic E-state index is 0.607. The Morgan fingerprint density at radius 3 is 2.67 bits per heavy atom. The summed E-state index contributed by atoms with van der Waals surface area (Å²) in [7, 11) is 4.04. The van der Waals surface area contributed by atoms with Crippen LogP contribution < -0.4 is 0 Å². The fraction of sp³-hybridized carbons (Fsp3) is 0.286. The lowest BCUT2D eigenvalue weighted by atomic mass is 9.98. The molecule has 1 unspecified atom stereocenters. The molecule has 1 heterocycles. The molecule has 0 saturated heterocycles. The minimum Gasteiger partial charge on any atom is -0.384 e. The van der Waals surface area contributed by atoms with Crippen LogP contribution in [-0.4, -0.2) is 24.1 Å². The molecule has 0 amide bonds. The van der Waals surface area contributed by atoms with Gasteiger partial charge in [-0.1, -0.05) is 35.9 Å². The Morgan fingerprint density at radius 2 is 2.06 bits per heavy atom. The van der Waals surface area contributed by atoms with Gasteiger partial charge in [0, 0.05) is 6.54 Å². The summed E-state index contributed by atoms with van der Waals surface area (Å²) >= 11 is 7.36. The molecule has 2 aromatic rings. The summed E-state index contributed by atoms with van der Waals surface area (Å²) in [6.07, 6.45) is -0.607. The first kappa shape index (κ1) is 13.6. The number of aliphatic hydroxyl groups excluding tert-OH is 1. The van der Waals surface area contributed by atoms with E-state index in [4.69, 9.17) is 11.6 Å². The first-order chi connectivity index (χ1) is 8.58. The molecule has 2 nitrogen and oxygen atoms in total. The van der Waals surface area contributed by atoms with Crippen molar-refractivity contribution in [1.29, 1.82) is 0 Å². The third-order valence-electron chi connectivity index (χ3n) is 2.74. The number of thiophene rings is 1. The van der Waals surface area contributed by atoms with Crippen molar-refractivity contribution < 1.29 is 5.11 Å². The third kappa shape index (κ3) is 3.12. The van der Waals surface area contributed by atoms with Crippen LogP contribution in [-0.2, 0) is 6.54 Å². The first-order valence-electron chi connectivity index (χ1n) is 5.72. The Bertz CT molecular complexity index is 524. The summed E-state index contributed by atoms with van der Waals surface area (Å²) in [6, 6.07) is 9.78. The number of hydrogen-bond donors (Lipinski definition) is 1. The van der Waals surface area contributed by atoms with Crippen LogP contribution in [0.3, 0.4) is 0 Å². The zero-order valence-corrected chi connectivity index (χ0v) is 12.0. The highest BCUT2D eigenvalue weighted by molar-refractivity contribution is 7.14. The second-order valence-corrected chi connectivity index (χ2v) is 6.07. The molecule has 96 valence electrons. The van der Waals surface area contributed by atoms with Gasteiger partial charge in [0.15, 0.2) is 0 Å². The molecule has 0 aliphatic heterocycles. The lowest BCUT2D eigenvalue weighted by Crippen LogP contribution is -2.13. The molecule has 0 bridgehead atoms. The molecule has 0 aliphatic rings. The summed E-state index contributed by atoms with van der Waals surface area (Å²) in [6.45, 7) is 0.811. The number of halogens is 1. The highest BCUT2D eigenvalue weighted by Gasteiger charge is 2.15. The SMILES string of the molecule is CN(C)Cc1ccccc1C(O)c1csc(Cl)c1. The highest BCUT2D eigenvalue weighted by Crippen LogP contribution is 2.30. The van der Waals surface area contributed by atoms with Gasteiger partial charge in [-0.15, -0.1) is 11.3 Å². The Morgan fingerprint density at radius 1 is 1.33 bits per heavy atom. The first-order valence-corrected chi connectivity index (χ1v) is 6.98. The van der Waals surface area contributed by atoms with E-state index in [0.29, 0.717) is 4.34 Å². The summed E-state index contributed by atoms with van der Waals surface area (Å²) in [5, 5.41) is 12.3. The number of hydrogen-bond acceptors (Lipinski definition) is 3. The quantitative estimate of drug-likeness (QED) is 0.926. The average Bonchev–Trinajstić information content (AvgIpc) is 2.75. The predicted molar refractivity (Wildman–Crippen MR) is 77.2 cm³/mol. The lowest BCUT2D eigenvalue weighted by molar-refractivity contribution is 0.218. The van der Waals surface area contributed by atoms with Gasteiger partial charge < -0.3 is 10.0 Å². The van der Waals surface area contributed by atoms with Gasteiger partial charge >= 0.3 is 0 Å². The molecule has 0 saturated carbocycles. The zero-order valence-electron chi connectivity index (χ0n) is 10.4. The van der Waals surface area contributed by atoms with Crippen molar-refractivity contribution in [2.45, 2.75) is 12.6 Å². The maximum atomic E-state index is 10.4. The van der Waals surface area contributed by atoms with E-state index in [1.807, 2.05) is 49.8 Å². The molecule has 1 atom stereocenters. The van der Waals surface area contributed by atoms with Crippen LogP contribution in [0.15, 0.2) is 35.7 Å². The van der Waals surface area contributed by atoms with Gasteiger partial charge in [0.25, 0.3) is 0 Å². The van der Waals surface area contributed by atoms with E-state index in [1.54, 1.807) is 0 Å². The van der Waals surface area contributed by atoms with Gasteiger partial charge in [0.05, 0.1) is 4.34 Å². The monoisotopic (exact) mass is 281 g/mol. The maximum Gasteiger partial charge on any atom is 0.105 e. The fourth-order valence-electron chi connectivity index (χ4n) is 1.93. The molecule has 4 heteroatoms. The van der Waals surface area contributed by atoms with Gasteiger partial charge in [0.1, 0.15) is 6.10 Å². The highest BCUT2D eigenvalue weighted by atomic mass is 35.5. The summed E-state index contributed by atoms with van der Waals surface area (Å²) in [5.41, 5.74) is 2.94. The Balaban J connectivity index is 2.32. The smallest absolute Gasteiger partial charge is 0.105 e. The molecule has 0 radical (unpaired) electrons. The van der Waals surface area contributed by atoms with E-state index in [9.17, 15) is 5.11 Å². The van der Waals surface area contributed by atoms with Crippen LogP contribution in [0.1, 0.15) is 22.8 Å². The Labute approximate surface area is 116 Å². The lowest BCUT2D eigenvalue weighted by Gasteiger charge is -2.17. The van der Waals surface area contributed by atoms with E-state index in [2.05, 4.69) is 4.90 Å². The maximum absolute atomic E-state index is 10.4. The molecular weight excluding hydrogens is 266 g/mol. The van der Waals surface area contributed by atoms with Gasteiger partial charge in [-0.3, -0.25) is 0 Å². The van der Waals surface area contributed by atoms with Gasteiger partial charge in [-0.25, -0.2) is 0 Å². The number of rotatable bonds is 4. The standard InChI is InChI=1S/C14H16ClNOS/c1-16(2)8-10-5-3-4-6-12(10)14(17)11-7-13(15)18-9-11/h3-7,9,14,17H,8H2,1-2H3. The second kappa shape index (κ2) is 5.85. The van der Waals surface area contributed by atoms with Crippen molar-refractivity contribution in [3.05, 3.63) is 56.7 Å². The van der Waals surface area contributed by atoms with Crippen molar-refractivity contribution in [2.75, 3.05) is 14.1 Å². The molecule has 0 spiro atoms. The summed E-state index contributed by atoms with van der Waals surface area (Å²) in [5.74, 6) is 0.